The Morgan fingerprint density at radius 3 is 2.89 bits per heavy atom. The minimum atomic E-state index is -1.16. The third-order valence-corrected chi connectivity index (χ3v) is 6.44. The summed E-state index contributed by atoms with van der Waals surface area (Å²) >= 11 is 0. The van der Waals surface area contributed by atoms with Crippen LogP contribution in [0.4, 0.5) is 10.6 Å². The molecule has 1 aliphatic carbocycles. The van der Waals surface area contributed by atoms with Gasteiger partial charge in [0.1, 0.15) is 24.7 Å². The Bertz CT molecular complexity index is 1200. The molecular formula is C28H34N5O5+. The number of benzene rings is 1. The van der Waals surface area contributed by atoms with Gasteiger partial charge < -0.3 is 35.9 Å². The van der Waals surface area contributed by atoms with Crippen LogP contribution < -0.4 is 16.0 Å². The van der Waals surface area contributed by atoms with Crippen LogP contribution in [0.5, 0.6) is 0 Å². The van der Waals surface area contributed by atoms with Crippen molar-refractivity contribution in [3.05, 3.63) is 82.7 Å². The summed E-state index contributed by atoms with van der Waals surface area (Å²) in [4.78, 5) is 28.5. The van der Waals surface area contributed by atoms with Gasteiger partial charge in [-0.1, -0.05) is 36.4 Å². The molecule has 10 heteroatoms. The normalized spacial score (nSPS) is 17.2. The Hall–Kier alpha value is -4.02. The molecule has 1 amide bonds. The van der Waals surface area contributed by atoms with Crippen LogP contribution in [-0.4, -0.2) is 60.2 Å². The number of nitrogens with one attached hydrogen (secondary N) is 3. The van der Waals surface area contributed by atoms with Gasteiger partial charge in [-0.2, -0.15) is 0 Å². The van der Waals surface area contributed by atoms with E-state index < -0.39 is 18.1 Å². The first-order valence-corrected chi connectivity index (χ1v) is 12.8. The molecule has 2 unspecified atom stereocenters. The molecule has 0 saturated heterocycles. The molecule has 0 saturated carbocycles. The van der Waals surface area contributed by atoms with Crippen LogP contribution in [0.1, 0.15) is 29.7 Å². The van der Waals surface area contributed by atoms with E-state index in [1.54, 1.807) is 5.32 Å². The highest BCUT2D eigenvalue weighted by Gasteiger charge is 2.25. The number of alkyl carbamates (subject to hydrolysis) is 1. The van der Waals surface area contributed by atoms with E-state index in [1.807, 2.05) is 48.6 Å². The number of amides is 1. The predicted molar refractivity (Wildman–Crippen MR) is 142 cm³/mol. The second-order valence-corrected chi connectivity index (χ2v) is 9.20. The van der Waals surface area contributed by atoms with Gasteiger partial charge in [-0.05, 0) is 42.2 Å². The number of hydrogen-bond donors (Lipinski definition) is 5. The molecule has 0 spiro atoms. The first-order valence-electron chi connectivity index (χ1n) is 12.8. The quantitative estimate of drug-likeness (QED) is 0.269. The largest absolute Gasteiger partial charge is 0.480 e. The standard InChI is InChI=1S/C28H33N5O5/c29-16-21-15-23(37-14-12-22-9-8-20-7-4-13-30-26(20)32-22)10-11-24(21)31-17-25(27(34)35)33-28(36)38-18-19-5-2-1-3-6-19/h1-3,5-6,8-9,11,15-16,23,25,29,31H,4,7,10,12-14,17-18H2,(H,30,32)(H,33,36)(H,34,35)/p+1. The highest BCUT2D eigenvalue weighted by atomic mass is 16.5. The number of aryl methyl sites for hydroxylation is 1. The van der Waals surface area contributed by atoms with Crippen LogP contribution in [0, 0.1) is 5.41 Å². The van der Waals surface area contributed by atoms with Crippen molar-refractivity contribution in [3.8, 4) is 0 Å². The monoisotopic (exact) mass is 520 g/mol. The number of carbonyl (C=O) groups is 2. The van der Waals surface area contributed by atoms with Crippen molar-refractivity contribution in [1.29, 1.82) is 5.41 Å². The summed E-state index contributed by atoms with van der Waals surface area (Å²) in [6.45, 7) is 1.56. The van der Waals surface area contributed by atoms with E-state index in [0.717, 1.165) is 42.2 Å². The van der Waals surface area contributed by atoms with Gasteiger partial charge in [-0.25, -0.2) is 14.6 Å². The summed E-state index contributed by atoms with van der Waals surface area (Å²) in [5, 5.41) is 24.8. The summed E-state index contributed by atoms with van der Waals surface area (Å²) in [6, 6.07) is 12.2. The molecule has 0 fully saturated rings. The van der Waals surface area contributed by atoms with E-state index in [0.29, 0.717) is 25.0 Å². The van der Waals surface area contributed by atoms with E-state index in [2.05, 4.69) is 16.7 Å². The Labute approximate surface area is 221 Å². The first-order chi connectivity index (χ1) is 18.5. The lowest BCUT2D eigenvalue weighted by Gasteiger charge is -2.20. The van der Waals surface area contributed by atoms with Gasteiger partial charge in [-0.3, -0.25) is 0 Å². The molecule has 4 rings (SSSR count). The molecule has 6 N–H and O–H groups in total. The number of nitrogens with two attached hydrogens (primary N) is 1. The van der Waals surface area contributed by atoms with E-state index in [-0.39, 0.29) is 19.3 Å². The molecule has 2 aromatic rings. The van der Waals surface area contributed by atoms with E-state index >= 15 is 0 Å². The van der Waals surface area contributed by atoms with Crippen molar-refractivity contribution >= 4 is 24.1 Å². The molecule has 1 aliphatic heterocycles. The van der Waals surface area contributed by atoms with Crippen molar-refractivity contribution in [2.45, 2.75) is 44.4 Å². The molecule has 2 heterocycles. The van der Waals surface area contributed by atoms with Crippen molar-refractivity contribution < 1.29 is 29.5 Å². The van der Waals surface area contributed by atoms with Crippen LogP contribution in [0.3, 0.4) is 0 Å². The van der Waals surface area contributed by atoms with E-state index in [9.17, 15) is 14.7 Å². The first kappa shape index (κ1) is 27.0. The molecule has 200 valence electrons. The van der Waals surface area contributed by atoms with Crippen LogP contribution in [0.25, 0.3) is 0 Å². The lowest BCUT2D eigenvalue weighted by molar-refractivity contribution is -0.603. The fourth-order valence-corrected chi connectivity index (χ4v) is 4.37. The zero-order valence-electron chi connectivity index (χ0n) is 21.2. The number of aromatic nitrogens is 1. The van der Waals surface area contributed by atoms with Crippen molar-refractivity contribution in [2.24, 2.45) is 0 Å². The zero-order chi connectivity index (χ0) is 26.7. The average molecular weight is 521 g/mol. The lowest BCUT2D eigenvalue weighted by atomic mass is 10.0. The maximum absolute atomic E-state index is 12.1. The average Bonchev–Trinajstić information content (AvgIpc) is 2.94. The van der Waals surface area contributed by atoms with Gasteiger partial charge in [0, 0.05) is 31.3 Å². The topological polar surface area (TPSA) is 150 Å². The van der Waals surface area contributed by atoms with Crippen molar-refractivity contribution in [1.82, 2.24) is 10.3 Å². The van der Waals surface area contributed by atoms with E-state index in [4.69, 9.17) is 19.9 Å². The van der Waals surface area contributed by atoms with Gasteiger partial charge in [0.05, 0.1) is 18.3 Å². The number of quaternary nitrogens is 1. The number of carboxylic acids is 1. The van der Waals surface area contributed by atoms with Crippen LogP contribution in [0.15, 0.2) is 65.9 Å². The number of hydrogen-bond acceptors (Lipinski definition) is 7. The Kier molecular flexibility index (Phi) is 9.60. The van der Waals surface area contributed by atoms with Gasteiger partial charge in [0.2, 0.25) is 0 Å². The number of ether oxygens (including phenoxy) is 2. The third-order valence-electron chi connectivity index (χ3n) is 6.44. The predicted octanol–water partition coefficient (Wildman–Crippen LogP) is 2.17. The number of fused-ring (bicyclic) bond motifs is 1. The van der Waals surface area contributed by atoms with Gasteiger partial charge in [0.25, 0.3) is 0 Å². The number of carbonyl (C=O) groups excluding carboxylic acids is 1. The summed E-state index contributed by atoms with van der Waals surface area (Å²) < 4.78 is 11.2. The van der Waals surface area contributed by atoms with Gasteiger partial charge in [-0.15, -0.1) is 0 Å². The summed E-state index contributed by atoms with van der Waals surface area (Å²) in [7, 11) is 0. The molecule has 38 heavy (non-hydrogen) atoms. The minimum absolute atomic E-state index is 0.0510. The van der Waals surface area contributed by atoms with Crippen LogP contribution in [-0.2, 0) is 33.7 Å². The van der Waals surface area contributed by atoms with Crippen molar-refractivity contribution in [3.63, 3.8) is 0 Å². The minimum Gasteiger partial charge on any atom is -0.480 e. The molecule has 10 nitrogen and oxygen atoms in total. The summed E-state index contributed by atoms with van der Waals surface area (Å²) in [5.41, 5.74) is 4.43. The van der Waals surface area contributed by atoms with Crippen molar-refractivity contribution in [2.75, 3.05) is 25.0 Å². The maximum Gasteiger partial charge on any atom is 0.408 e. The Balaban J connectivity index is 1.23. The maximum atomic E-state index is 12.1. The number of allylic oxidation sites excluding steroid dienone is 1. The van der Waals surface area contributed by atoms with Gasteiger partial charge >= 0.3 is 12.1 Å². The Morgan fingerprint density at radius 2 is 2.11 bits per heavy atom. The van der Waals surface area contributed by atoms with Crippen LogP contribution in [0.2, 0.25) is 0 Å². The second kappa shape index (κ2) is 13.5. The summed E-state index contributed by atoms with van der Waals surface area (Å²) in [5.74, 6) is -0.193. The fourth-order valence-electron chi connectivity index (χ4n) is 4.37. The third kappa shape index (κ3) is 7.74. The molecule has 1 aromatic heterocycles. The second-order valence-electron chi connectivity index (χ2n) is 9.20. The summed E-state index contributed by atoms with van der Waals surface area (Å²) in [6.07, 6.45) is 7.53. The molecule has 0 bridgehead atoms. The SMILES string of the molecule is N=CC1=CC(OCCc2ccc3c(n2)NCCC3)CC=C1[NH2+]CC(NC(=O)OCc1ccccc1)C(=O)O. The zero-order valence-corrected chi connectivity index (χ0v) is 21.2. The highest BCUT2D eigenvalue weighted by molar-refractivity contribution is 5.82. The van der Waals surface area contributed by atoms with E-state index in [1.165, 1.54) is 11.8 Å². The van der Waals surface area contributed by atoms with Gasteiger partial charge in [0.15, 0.2) is 6.04 Å². The highest BCUT2D eigenvalue weighted by Crippen LogP contribution is 2.20. The molecule has 2 aliphatic rings. The Morgan fingerprint density at radius 1 is 1.26 bits per heavy atom. The molecule has 2 atom stereocenters. The smallest absolute Gasteiger partial charge is 0.408 e. The lowest BCUT2D eigenvalue weighted by Crippen LogP contribution is -2.86. The number of aliphatic carboxylic acids is 1. The molecule has 0 radical (unpaired) electrons. The number of carboxylic acid groups (broad SMARTS) is 1. The van der Waals surface area contributed by atoms with Crippen LogP contribution >= 0.6 is 0 Å². The fraction of sp³-hybridized carbons (Fsp3) is 0.357. The molecule has 1 aromatic carbocycles. The number of anilines is 1. The number of pyridine rings is 1. The molecular weight excluding hydrogens is 486 g/mol. The number of rotatable bonds is 12. The number of nitrogens with zero attached hydrogens (tertiary/aromatic N) is 1.